The van der Waals surface area contributed by atoms with Crippen LogP contribution in [0.4, 0.5) is 5.82 Å². The van der Waals surface area contributed by atoms with E-state index >= 15 is 0 Å². The molecule has 0 amide bonds. The first-order valence-corrected chi connectivity index (χ1v) is 7.32. The molecule has 1 N–H and O–H groups in total. The number of halogens is 1. The highest BCUT2D eigenvalue weighted by atomic mass is 127. The number of anilines is 1. The van der Waals surface area contributed by atoms with Crippen molar-refractivity contribution < 1.29 is 0 Å². The minimum atomic E-state index is 0.637. The van der Waals surface area contributed by atoms with Crippen molar-refractivity contribution in [2.45, 2.75) is 19.4 Å². The SMILES string of the molecule is CCC1C2CNCC2CN1c1ncncc1I. The molecule has 3 rings (SSSR count). The molecule has 2 aliphatic heterocycles. The van der Waals surface area contributed by atoms with Gasteiger partial charge in [0.05, 0.1) is 3.57 Å². The molecular weight excluding hydrogens is 327 g/mol. The maximum Gasteiger partial charge on any atom is 0.145 e. The van der Waals surface area contributed by atoms with Gasteiger partial charge in [-0.05, 0) is 40.8 Å². The Hall–Kier alpha value is -0.430. The summed E-state index contributed by atoms with van der Waals surface area (Å²) in [6.45, 7) is 5.76. The summed E-state index contributed by atoms with van der Waals surface area (Å²) in [5.41, 5.74) is 0. The summed E-state index contributed by atoms with van der Waals surface area (Å²) in [7, 11) is 0. The standard InChI is InChI=1S/C12H17IN4/c1-2-11-9-4-14-3-8(9)6-17(11)12-10(13)5-15-7-16-12/h5,7-9,11,14H,2-4,6H2,1H3. The molecule has 0 radical (unpaired) electrons. The zero-order chi connectivity index (χ0) is 11.8. The lowest BCUT2D eigenvalue weighted by Gasteiger charge is -2.28. The van der Waals surface area contributed by atoms with E-state index in [2.05, 4.69) is 49.7 Å². The second-order valence-corrected chi connectivity index (χ2v) is 6.07. The van der Waals surface area contributed by atoms with Crippen molar-refractivity contribution in [3.8, 4) is 0 Å². The van der Waals surface area contributed by atoms with Crippen molar-refractivity contribution in [2.24, 2.45) is 11.8 Å². The van der Waals surface area contributed by atoms with Crippen molar-refractivity contribution in [1.82, 2.24) is 15.3 Å². The number of hydrogen-bond acceptors (Lipinski definition) is 4. The highest BCUT2D eigenvalue weighted by Crippen LogP contribution is 2.37. The smallest absolute Gasteiger partial charge is 0.145 e. The molecule has 4 nitrogen and oxygen atoms in total. The Morgan fingerprint density at radius 2 is 2.41 bits per heavy atom. The van der Waals surface area contributed by atoms with Gasteiger partial charge >= 0.3 is 0 Å². The fourth-order valence-corrected chi connectivity index (χ4v) is 3.92. The normalized spacial score (nSPS) is 31.9. The van der Waals surface area contributed by atoms with Crippen LogP contribution in [0.5, 0.6) is 0 Å². The van der Waals surface area contributed by atoms with E-state index in [0.29, 0.717) is 6.04 Å². The van der Waals surface area contributed by atoms with E-state index in [-0.39, 0.29) is 0 Å². The lowest BCUT2D eigenvalue weighted by atomic mass is 9.93. The Morgan fingerprint density at radius 3 is 3.18 bits per heavy atom. The molecule has 1 aromatic heterocycles. The summed E-state index contributed by atoms with van der Waals surface area (Å²) in [6.07, 6.45) is 4.77. The Morgan fingerprint density at radius 1 is 1.53 bits per heavy atom. The molecular formula is C12H17IN4. The molecule has 3 atom stereocenters. The number of rotatable bonds is 2. The van der Waals surface area contributed by atoms with Crippen molar-refractivity contribution in [3.05, 3.63) is 16.1 Å². The van der Waals surface area contributed by atoms with Crippen LogP contribution in [0.25, 0.3) is 0 Å². The van der Waals surface area contributed by atoms with Crippen molar-refractivity contribution in [3.63, 3.8) is 0 Å². The van der Waals surface area contributed by atoms with Crippen LogP contribution in [0.3, 0.4) is 0 Å². The van der Waals surface area contributed by atoms with Gasteiger partial charge < -0.3 is 10.2 Å². The van der Waals surface area contributed by atoms with E-state index < -0.39 is 0 Å². The quantitative estimate of drug-likeness (QED) is 0.826. The van der Waals surface area contributed by atoms with Gasteiger partial charge in [-0.25, -0.2) is 9.97 Å². The van der Waals surface area contributed by atoms with Gasteiger partial charge in [0.1, 0.15) is 12.1 Å². The van der Waals surface area contributed by atoms with E-state index in [0.717, 1.165) is 27.8 Å². The third-order valence-electron chi connectivity index (χ3n) is 4.06. The summed E-state index contributed by atoms with van der Waals surface area (Å²) in [6, 6.07) is 0.637. The molecule has 1 aromatic rings. The number of nitrogens with one attached hydrogen (secondary N) is 1. The maximum absolute atomic E-state index is 4.47. The molecule has 92 valence electrons. The first kappa shape index (κ1) is 11.6. The average Bonchev–Trinajstić information content (AvgIpc) is 2.89. The van der Waals surface area contributed by atoms with Gasteiger partial charge in [-0.3, -0.25) is 0 Å². The van der Waals surface area contributed by atoms with Gasteiger partial charge in [0.2, 0.25) is 0 Å². The largest absolute Gasteiger partial charge is 0.352 e. The minimum Gasteiger partial charge on any atom is -0.352 e. The van der Waals surface area contributed by atoms with Crippen molar-refractivity contribution in [1.29, 1.82) is 0 Å². The lowest BCUT2D eigenvalue weighted by molar-refractivity contribution is 0.441. The molecule has 5 heteroatoms. The van der Waals surface area contributed by atoms with Crippen LogP contribution >= 0.6 is 22.6 Å². The Kier molecular flexibility index (Phi) is 3.21. The van der Waals surface area contributed by atoms with Crippen LogP contribution in [0.15, 0.2) is 12.5 Å². The van der Waals surface area contributed by atoms with Gasteiger partial charge in [0.15, 0.2) is 0 Å². The van der Waals surface area contributed by atoms with E-state index in [4.69, 9.17) is 0 Å². The monoisotopic (exact) mass is 344 g/mol. The molecule has 3 heterocycles. The molecule has 0 aliphatic carbocycles. The fourth-order valence-electron chi connectivity index (χ4n) is 3.31. The second kappa shape index (κ2) is 4.68. The van der Waals surface area contributed by atoms with Crippen molar-refractivity contribution >= 4 is 28.4 Å². The van der Waals surface area contributed by atoms with E-state index in [1.807, 2.05) is 6.20 Å². The molecule has 2 fully saturated rings. The number of nitrogens with zero attached hydrogens (tertiary/aromatic N) is 3. The average molecular weight is 344 g/mol. The predicted octanol–water partition coefficient (Wildman–Crippen LogP) is 1.52. The molecule has 2 saturated heterocycles. The van der Waals surface area contributed by atoms with Crippen LogP contribution in [0.1, 0.15) is 13.3 Å². The third kappa shape index (κ3) is 1.93. The Labute approximate surface area is 115 Å². The van der Waals surface area contributed by atoms with Crippen LogP contribution in [-0.4, -0.2) is 35.6 Å². The van der Waals surface area contributed by atoms with Crippen molar-refractivity contribution in [2.75, 3.05) is 24.5 Å². The molecule has 17 heavy (non-hydrogen) atoms. The highest BCUT2D eigenvalue weighted by Gasteiger charge is 2.44. The molecule has 0 spiro atoms. The predicted molar refractivity (Wildman–Crippen MR) is 76.0 cm³/mol. The minimum absolute atomic E-state index is 0.637. The van der Waals surface area contributed by atoms with Crippen LogP contribution in [0, 0.1) is 15.4 Å². The summed E-state index contributed by atoms with van der Waals surface area (Å²) in [5, 5.41) is 3.51. The zero-order valence-corrected chi connectivity index (χ0v) is 12.1. The van der Waals surface area contributed by atoms with Gasteiger partial charge in [-0.2, -0.15) is 0 Å². The fraction of sp³-hybridized carbons (Fsp3) is 0.667. The topological polar surface area (TPSA) is 41.0 Å². The van der Waals surface area contributed by atoms with Gasteiger partial charge in [-0.15, -0.1) is 0 Å². The third-order valence-corrected chi connectivity index (χ3v) is 4.82. The van der Waals surface area contributed by atoms with Gasteiger partial charge in [-0.1, -0.05) is 6.92 Å². The van der Waals surface area contributed by atoms with Gasteiger partial charge in [0.25, 0.3) is 0 Å². The first-order valence-electron chi connectivity index (χ1n) is 6.24. The van der Waals surface area contributed by atoms with Crippen LogP contribution in [0.2, 0.25) is 0 Å². The number of aromatic nitrogens is 2. The molecule has 2 aliphatic rings. The summed E-state index contributed by atoms with van der Waals surface area (Å²) < 4.78 is 1.16. The second-order valence-electron chi connectivity index (χ2n) is 4.90. The zero-order valence-electron chi connectivity index (χ0n) is 9.93. The van der Waals surface area contributed by atoms with Gasteiger partial charge in [0, 0.05) is 31.9 Å². The van der Waals surface area contributed by atoms with E-state index in [1.165, 1.54) is 19.5 Å². The first-order chi connectivity index (χ1) is 8.31. The molecule has 3 unspecified atom stereocenters. The molecule has 0 aromatic carbocycles. The number of hydrogen-bond donors (Lipinski definition) is 1. The maximum atomic E-state index is 4.47. The molecule has 0 bridgehead atoms. The highest BCUT2D eigenvalue weighted by molar-refractivity contribution is 14.1. The lowest BCUT2D eigenvalue weighted by Crippen LogP contribution is -2.36. The number of fused-ring (bicyclic) bond motifs is 1. The van der Waals surface area contributed by atoms with E-state index in [9.17, 15) is 0 Å². The summed E-state index contributed by atoms with van der Waals surface area (Å²) in [4.78, 5) is 11.1. The Balaban J connectivity index is 1.91. The van der Waals surface area contributed by atoms with E-state index in [1.54, 1.807) is 6.33 Å². The summed E-state index contributed by atoms with van der Waals surface area (Å²) >= 11 is 2.34. The molecule has 0 saturated carbocycles. The Bertz CT molecular complexity index is 411. The van der Waals surface area contributed by atoms with Crippen LogP contribution < -0.4 is 10.2 Å². The summed E-state index contributed by atoms with van der Waals surface area (Å²) in [5.74, 6) is 2.72. The van der Waals surface area contributed by atoms with Crippen LogP contribution in [-0.2, 0) is 0 Å².